The fourth-order valence-electron chi connectivity index (χ4n) is 3.46. The molecule has 0 aliphatic carbocycles. The first-order valence-corrected chi connectivity index (χ1v) is 9.61. The quantitative estimate of drug-likeness (QED) is 0.744. The minimum absolute atomic E-state index is 0.0511. The summed E-state index contributed by atoms with van der Waals surface area (Å²) in [4.78, 5) is 14.4. The molecular weight excluding hydrogens is 348 g/mol. The molecule has 1 aliphatic heterocycles. The number of amides is 1. The Morgan fingerprint density at radius 1 is 1.35 bits per heavy atom. The maximum absolute atomic E-state index is 12.7. The van der Waals surface area contributed by atoms with Gasteiger partial charge in [0.25, 0.3) is 0 Å². The minimum atomic E-state index is 0.0511. The maximum atomic E-state index is 12.7. The first kappa shape index (κ1) is 17.1. The second-order valence-electron chi connectivity index (χ2n) is 6.79. The highest BCUT2D eigenvalue weighted by Gasteiger charge is 2.21. The molecule has 7 nitrogen and oxygen atoms in total. The molecule has 1 N–H and O–H groups in total. The third-order valence-corrected chi connectivity index (χ3v) is 5.47. The van der Waals surface area contributed by atoms with Crippen LogP contribution in [0.1, 0.15) is 30.0 Å². The number of nitrogens with one attached hydrogen (secondary N) is 1. The van der Waals surface area contributed by atoms with Crippen LogP contribution in [0.2, 0.25) is 0 Å². The van der Waals surface area contributed by atoms with E-state index in [0.29, 0.717) is 12.5 Å². The molecule has 8 heteroatoms. The molecule has 136 valence electrons. The molecule has 3 heterocycles. The van der Waals surface area contributed by atoms with Crippen LogP contribution in [0.5, 0.6) is 0 Å². The summed E-state index contributed by atoms with van der Waals surface area (Å²) < 4.78 is 10.3. The highest BCUT2D eigenvalue weighted by Crippen LogP contribution is 2.23. The molecule has 1 atom stereocenters. The van der Waals surface area contributed by atoms with Gasteiger partial charge in [-0.2, -0.15) is 13.8 Å². The number of rotatable bonds is 5. The summed E-state index contributed by atoms with van der Waals surface area (Å²) in [5, 5.41) is 7.80. The fourth-order valence-corrected chi connectivity index (χ4v) is 3.98. The van der Waals surface area contributed by atoms with Crippen molar-refractivity contribution in [3.63, 3.8) is 0 Å². The summed E-state index contributed by atoms with van der Waals surface area (Å²) in [7, 11) is 1.83. The third-order valence-electron chi connectivity index (χ3n) is 4.91. The van der Waals surface area contributed by atoms with Crippen molar-refractivity contribution in [2.75, 3.05) is 20.1 Å². The summed E-state index contributed by atoms with van der Waals surface area (Å²) in [6.07, 6.45) is 4.10. The molecule has 0 spiro atoms. The van der Waals surface area contributed by atoms with E-state index in [1.165, 1.54) is 11.7 Å². The zero-order chi connectivity index (χ0) is 17.9. The average molecular weight is 370 g/mol. The van der Waals surface area contributed by atoms with Crippen molar-refractivity contribution < 1.29 is 4.79 Å². The van der Waals surface area contributed by atoms with Gasteiger partial charge in [0.15, 0.2) is 0 Å². The van der Waals surface area contributed by atoms with E-state index in [1.807, 2.05) is 36.0 Å². The van der Waals surface area contributed by atoms with Gasteiger partial charge in [-0.05, 0) is 43.1 Å². The van der Waals surface area contributed by atoms with Gasteiger partial charge in [-0.3, -0.25) is 9.48 Å². The zero-order valence-electron chi connectivity index (χ0n) is 14.8. The molecule has 4 rings (SSSR count). The molecule has 0 unspecified atom stereocenters. The average Bonchev–Trinajstić information content (AvgIpc) is 3.31. The van der Waals surface area contributed by atoms with Crippen LogP contribution in [0.25, 0.3) is 11.0 Å². The molecule has 0 saturated carbocycles. The van der Waals surface area contributed by atoms with Gasteiger partial charge in [-0.15, -0.1) is 0 Å². The molecular formula is C18H22N6OS. The standard InChI is InChI=1S/C18H22N6OS/c1-23(11-13-4-5-15-16(9-13)22-26-21-15)18(25)12-24-17(6-8-20-24)14-3-2-7-19-10-14/h4-6,8-9,14,19H,2-3,7,10-12H2,1H3/t14-/m1/s1. The lowest BCUT2D eigenvalue weighted by Crippen LogP contribution is -2.33. The number of piperidine rings is 1. The zero-order valence-corrected chi connectivity index (χ0v) is 15.6. The lowest BCUT2D eigenvalue weighted by atomic mass is 9.96. The fraction of sp³-hybridized carbons (Fsp3) is 0.444. The van der Waals surface area contributed by atoms with E-state index >= 15 is 0 Å². The molecule has 1 aromatic carbocycles. The Balaban J connectivity index is 1.42. The molecule has 1 saturated heterocycles. The van der Waals surface area contributed by atoms with Crippen molar-refractivity contribution in [1.29, 1.82) is 0 Å². The van der Waals surface area contributed by atoms with Gasteiger partial charge in [0.1, 0.15) is 17.6 Å². The predicted molar refractivity (Wildman–Crippen MR) is 101 cm³/mol. The molecule has 2 aromatic heterocycles. The summed E-state index contributed by atoms with van der Waals surface area (Å²) in [5.74, 6) is 0.485. The van der Waals surface area contributed by atoms with Gasteiger partial charge >= 0.3 is 0 Å². The number of hydrogen-bond acceptors (Lipinski definition) is 6. The van der Waals surface area contributed by atoms with Gasteiger partial charge in [0.2, 0.25) is 5.91 Å². The van der Waals surface area contributed by atoms with Crippen LogP contribution in [0.4, 0.5) is 0 Å². The highest BCUT2D eigenvalue weighted by atomic mass is 32.1. The molecule has 3 aromatic rings. The number of benzene rings is 1. The summed E-state index contributed by atoms with van der Waals surface area (Å²) in [6.45, 7) is 2.85. The summed E-state index contributed by atoms with van der Waals surface area (Å²) >= 11 is 1.21. The second-order valence-corrected chi connectivity index (χ2v) is 7.32. The van der Waals surface area contributed by atoms with Crippen LogP contribution < -0.4 is 5.32 Å². The smallest absolute Gasteiger partial charge is 0.244 e. The Morgan fingerprint density at radius 3 is 3.08 bits per heavy atom. The molecule has 1 fully saturated rings. The molecule has 1 aliphatic rings. The summed E-state index contributed by atoms with van der Waals surface area (Å²) in [5.41, 5.74) is 3.98. The number of aromatic nitrogens is 4. The van der Waals surface area contributed by atoms with Crippen molar-refractivity contribution in [2.45, 2.75) is 31.8 Å². The van der Waals surface area contributed by atoms with Gasteiger partial charge < -0.3 is 10.2 Å². The van der Waals surface area contributed by atoms with Crippen LogP contribution in [-0.4, -0.2) is 49.5 Å². The monoisotopic (exact) mass is 370 g/mol. The van der Waals surface area contributed by atoms with E-state index in [-0.39, 0.29) is 12.5 Å². The van der Waals surface area contributed by atoms with Crippen LogP contribution >= 0.6 is 11.7 Å². The highest BCUT2D eigenvalue weighted by molar-refractivity contribution is 7.00. The van der Waals surface area contributed by atoms with Crippen molar-refractivity contribution in [2.24, 2.45) is 0 Å². The normalized spacial score (nSPS) is 17.5. The SMILES string of the molecule is CN(Cc1ccc2nsnc2c1)C(=O)Cn1nccc1[C@@H]1CCCNC1. The lowest BCUT2D eigenvalue weighted by Gasteiger charge is -2.24. The topological polar surface area (TPSA) is 75.9 Å². The lowest BCUT2D eigenvalue weighted by molar-refractivity contribution is -0.131. The minimum Gasteiger partial charge on any atom is -0.340 e. The number of fused-ring (bicyclic) bond motifs is 1. The second kappa shape index (κ2) is 7.51. The van der Waals surface area contributed by atoms with Gasteiger partial charge in [-0.25, -0.2) is 0 Å². The number of likely N-dealkylation sites (N-methyl/N-ethyl adjacent to an activating group) is 1. The molecule has 26 heavy (non-hydrogen) atoms. The van der Waals surface area contributed by atoms with Gasteiger partial charge in [0.05, 0.1) is 11.7 Å². The Bertz CT molecular complexity index is 898. The first-order valence-electron chi connectivity index (χ1n) is 8.88. The Hall–Kier alpha value is -2.32. The van der Waals surface area contributed by atoms with Crippen LogP contribution in [0.3, 0.4) is 0 Å². The van der Waals surface area contributed by atoms with Crippen molar-refractivity contribution >= 4 is 28.7 Å². The Morgan fingerprint density at radius 2 is 2.23 bits per heavy atom. The van der Waals surface area contributed by atoms with Crippen molar-refractivity contribution in [3.8, 4) is 0 Å². The van der Waals surface area contributed by atoms with E-state index in [9.17, 15) is 4.79 Å². The van der Waals surface area contributed by atoms with E-state index in [2.05, 4.69) is 19.2 Å². The number of carbonyl (C=O) groups is 1. The summed E-state index contributed by atoms with van der Waals surface area (Å²) in [6, 6.07) is 7.98. The number of carbonyl (C=O) groups excluding carboxylic acids is 1. The van der Waals surface area contributed by atoms with E-state index in [4.69, 9.17) is 0 Å². The van der Waals surface area contributed by atoms with Crippen LogP contribution in [0.15, 0.2) is 30.5 Å². The Labute approximate surface area is 156 Å². The maximum Gasteiger partial charge on any atom is 0.244 e. The van der Waals surface area contributed by atoms with E-state index in [0.717, 1.165) is 48.2 Å². The molecule has 0 bridgehead atoms. The number of nitrogens with zero attached hydrogens (tertiary/aromatic N) is 5. The number of hydrogen-bond donors (Lipinski definition) is 1. The molecule has 0 radical (unpaired) electrons. The Kier molecular flexibility index (Phi) is 4.94. The van der Waals surface area contributed by atoms with Crippen molar-refractivity contribution in [1.82, 2.24) is 28.7 Å². The van der Waals surface area contributed by atoms with E-state index < -0.39 is 0 Å². The van der Waals surface area contributed by atoms with E-state index in [1.54, 1.807) is 11.1 Å². The van der Waals surface area contributed by atoms with Crippen molar-refractivity contribution in [3.05, 3.63) is 41.7 Å². The van der Waals surface area contributed by atoms with Crippen LogP contribution in [-0.2, 0) is 17.9 Å². The predicted octanol–water partition coefficient (Wildman–Crippen LogP) is 2.01. The van der Waals surface area contributed by atoms with Gasteiger partial charge in [-0.1, -0.05) is 6.07 Å². The largest absolute Gasteiger partial charge is 0.340 e. The van der Waals surface area contributed by atoms with Gasteiger partial charge in [0, 0.05) is 37.9 Å². The van der Waals surface area contributed by atoms with Crippen LogP contribution in [0, 0.1) is 0 Å². The molecule has 1 amide bonds. The third kappa shape index (κ3) is 3.61. The first-order chi connectivity index (χ1) is 12.7.